The van der Waals surface area contributed by atoms with Crippen molar-refractivity contribution in [2.45, 2.75) is 44.2 Å². The molecule has 3 nitrogen and oxygen atoms in total. The van der Waals surface area contributed by atoms with E-state index >= 15 is 0 Å². The molecule has 0 aromatic rings. The quantitative estimate of drug-likeness (QED) is 0.751. The zero-order valence-corrected chi connectivity index (χ0v) is 10.3. The highest BCUT2D eigenvalue weighted by Crippen LogP contribution is 2.24. The molecule has 3 heteroatoms. The van der Waals surface area contributed by atoms with Crippen LogP contribution in [0.25, 0.3) is 0 Å². The zero-order chi connectivity index (χ0) is 10.8. The SMILES string of the molecule is C1CCN(C2CCN(C3CCNCC3)C2)C1. The van der Waals surface area contributed by atoms with Crippen molar-refractivity contribution >= 4 is 0 Å². The van der Waals surface area contributed by atoms with Crippen LogP contribution in [0.5, 0.6) is 0 Å². The fourth-order valence-corrected chi connectivity index (χ4v) is 3.68. The molecule has 3 aliphatic heterocycles. The minimum absolute atomic E-state index is 0.883. The molecule has 1 N–H and O–H groups in total. The third kappa shape index (κ3) is 2.27. The van der Waals surface area contributed by atoms with Gasteiger partial charge in [-0.3, -0.25) is 9.80 Å². The highest BCUT2D eigenvalue weighted by Gasteiger charge is 2.32. The Morgan fingerprint density at radius 2 is 1.50 bits per heavy atom. The molecule has 0 aromatic carbocycles. The molecule has 0 radical (unpaired) electrons. The molecule has 3 aliphatic rings. The minimum Gasteiger partial charge on any atom is -0.317 e. The Labute approximate surface area is 99.2 Å². The van der Waals surface area contributed by atoms with Crippen molar-refractivity contribution in [1.82, 2.24) is 15.1 Å². The number of nitrogens with one attached hydrogen (secondary N) is 1. The van der Waals surface area contributed by atoms with Gasteiger partial charge in [-0.2, -0.15) is 0 Å². The van der Waals surface area contributed by atoms with Crippen LogP contribution in [0.1, 0.15) is 32.1 Å². The summed E-state index contributed by atoms with van der Waals surface area (Å²) in [6.07, 6.45) is 7.02. The van der Waals surface area contributed by atoms with Crippen molar-refractivity contribution in [3.63, 3.8) is 0 Å². The van der Waals surface area contributed by atoms with E-state index in [9.17, 15) is 0 Å². The molecule has 0 amide bonds. The van der Waals surface area contributed by atoms with Crippen molar-refractivity contribution in [3.8, 4) is 0 Å². The summed E-state index contributed by atoms with van der Waals surface area (Å²) < 4.78 is 0. The first-order valence-corrected chi connectivity index (χ1v) is 7.12. The molecule has 3 saturated heterocycles. The fourth-order valence-electron chi connectivity index (χ4n) is 3.68. The summed E-state index contributed by atoms with van der Waals surface area (Å²) in [5.74, 6) is 0. The second kappa shape index (κ2) is 5.03. The van der Waals surface area contributed by atoms with Gasteiger partial charge in [0.2, 0.25) is 0 Å². The zero-order valence-electron chi connectivity index (χ0n) is 10.3. The van der Waals surface area contributed by atoms with E-state index in [-0.39, 0.29) is 0 Å². The first-order valence-electron chi connectivity index (χ1n) is 7.12. The lowest BCUT2D eigenvalue weighted by atomic mass is 10.1. The summed E-state index contributed by atoms with van der Waals surface area (Å²) in [5, 5.41) is 3.47. The van der Waals surface area contributed by atoms with E-state index in [1.165, 1.54) is 71.4 Å². The summed E-state index contributed by atoms with van der Waals surface area (Å²) in [6, 6.07) is 1.77. The van der Waals surface area contributed by atoms with Crippen LogP contribution < -0.4 is 5.32 Å². The number of piperidine rings is 1. The van der Waals surface area contributed by atoms with Gasteiger partial charge in [-0.15, -0.1) is 0 Å². The van der Waals surface area contributed by atoms with Gasteiger partial charge in [-0.25, -0.2) is 0 Å². The first kappa shape index (κ1) is 11.0. The van der Waals surface area contributed by atoms with Crippen molar-refractivity contribution in [2.24, 2.45) is 0 Å². The monoisotopic (exact) mass is 223 g/mol. The third-order valence-electron chi connectivity index (χ3n) is 4.68. The maximum atomic E-state index is 3.47. The van der Waals surface area contributed by atoms with Gasteiger partial charge in [-0.1, -0.05) is 0 Å². The number of nitrogens with zero attached hydrogens (tertiary/aromatic N) is 2. The number of hydrogen-bond donors (Lipinski definition) is 1. The van der Waals surface area contributed by atoms with Crippen molar-refractivity contribution < 1.29 is 0 Å². The Morgan fingerprint density at radius 1 is 0.750 bits per heavy atom. The largest absolute Gasteiger partial charge is 0.317 e. The molecular formula is C13H25N3. The van der Waals surface area contributed by atoms with Crippen molar-refractivity contribution in [3.05, 3.63) is 0 Å². The predicted octanol–water partition coefficient (Wildman–Crippen LogP) is 0.909. The average molecular weight is 223 g/mol. The van der Waals surface area contributed by atoms with Gasteiger partial charge in [0, 0.05) is 25.2 Å². The Morgan fingerprint density at radius 3 is 2.25 bits per heavy atom. The molecule has 3 heterocycles. The van der Waals surface area contributed by atoms with Crippen LogP contribution in [0.3, 0.4) is 0 Å². The lowest BCUT2D eigenvalue weighted by Crippen LogP contribution is -2.43. The van der Waals surface area contributed by atoms with E-state index < -0.39 is 0 Å². The van der Waals surface area contributed by atoms with Crippen LogP contribution in [0.2, 0.25) is 0 Å². The Bertz CT molecular complexity index is 219. The van der Waals surface area contributed by atoms with Crippen molar-refractivity contribution in [1.29, 1.82) is 0 Å². The van der Waals surface area contributed by atoms with Gasteiger partial charge < -0.3 is 5.32 Å². The number of likely N-dealkylation sites (tertiary alicyclic amines) is 2. The van der Waals surface area contributed by atoms with E-state index in [1.54, 1.807) is 0 Å². The third-order valence-corrected chi connectivity index (χ3v) is 4.68. The van der Waals surface area contributed by atoms with E-state index in [0.29, 0.717) is 0 Å². The normalized spacial score (nSPS) is 34.9. The lowest BCUT2D eigenvalue weighted by Gasteiger charge is -2.32. The Balaban J connectivity index is 1.51. The number of hydrogen-bond acceptors (Lipinski definition) is 3. The summed E-state index contributed by atoms with van der Waals surface area (Å²) >= 11 is 0. The molecule has 16 heavy (non-hydrogen) atoms. The van der Waals surface area contributed by atoms with Gasteiger partial charge >= 0.3 is 0 Å². The molecule has 0 bridgehead atoms. The molecular weight excluding hydrogens is 198 g/mol. The van der Waals surface area contributed by atoms with Crippen LogP contribution in [0.15, 0.2) is 0 Å². The molecule has 1 atom stereocenters. The average Bonchev–Trinajstić information content (AvgIpc) is 3.01. The second-order valence-electron chi connectivity index (χ2n) is 5.66. The molecule has 92 valence electrons. The van der Waals surface area contributed by atoms with Crippen LogP contribution in [0.4, 0.5) is 0 Å². The van der Waals surface area contributed by atoms with Crippen LogP contribution in [-0.4, -0.2) is 61.2 Å². The molecule has 3 rings (SSSR count). The summed E-state index contributed by atoms with van der Waals surface area (Å²) in [7, 11) is 0. The van der Waals surface area contributed by atoms with Gasteiger partial charge in [-0.05, 0) is 58.3 Å². The second-order valence-corrected chi connectivity index (χ2v) is 5.66. The maximum absolute atomic E-state index is 3.47. The highest BCUT2D eigenvalue weighted by molar-refractivity contribution is 4.89. The predicted molar refractivity (Wildman–Crippen MR) is 66.7 cm³/mol. The maximum Gasteiger partial charge on any atom is 0.0235 e. The summed E-state index contributed by atoms with van der Waals surface area (Å²) in [5.41, 5.74) is 0. The Kier molecular flexibility index (Phi) is 3.46. The molecule has 0 aliphatic carbocycles. The van der Waals surface area contributed by atoms with Gasteiger partial charge in [0.05, 0.1) is 0 Å². The van der Waals surface area contributed by atoms with Crippen molar-refractivity contribution in [2.75, 3.05) is 39.3 Å². The van der Waals surface area contributed by atoms with E-state index in [4.69, 9.17) is 0 Å². The van der Waals surface area contributed by atoms with Crippen LogP contribution in [0, 0.1) is 0 Å². The van der Waals surface area contributed by atoms with Gasteiger partial charge in [0.1, 0.15) is 0 Å². The van der Waals surface area contributed by atoms with E-state index in [2.05, 4.69) is 15.1 Å². The smallest absolute Gasteiger partial charge is 0.0235 e. The summed E-state index contributed by atoms with van der Waals surface area (Å²) in [6.45, 7) is 7.90. The molecule has 1 unspecified atom stereocenters. The summed E-state index contributed by atoms with van der Waals surface area (Å²) in [4.78, 5) is 5.50. The standard InChI is InChI=1S/C13H25N3/c1-2-9-15(8-1)13-5-10-16(11-13)12-3-6-14-7-4-12/h12-14H,1-11H2. The first-order chi connectivity index (χ1) is 7.93. The van der Waals surface area contributed by atoms with E-state index in [1.807, 2.05) is 0 Å². The Hall–Kier alpha value is -0.120. The van der Waals surface area contributed by atoms with Gasteiger partial charge in [0.15, 0.2) is 0 Å². The van der Waals surface area contributed by atoms with Crippen LogP contribution >= 0.6 is 0 Å². The molecule has 0 spiro atoms. The highest BCUT2D eigenvalue weighted by atomic mass is 15.3. The van der Waals surface area contributed by atoms with Gasteiger partial charge in [0.25, 0.3) is 0 Å². The van der Waals surface area contributed by atoms with E-state index in [0.717, 1.165) is 12.1 Å². The number of rotatable bonds is 2. The topological polar surface area (TPSA) is 18.5 Å². The molecule has 0 saturated carbocycles. The molecule has 3 fully saturated rings. The van der Waals surface area contributed by atoms with Crippen LogP contribution in [-0.2, 0) is 0 Å². The lowest BCUT2D eigenvalue weighted by molar-refractivity contribution is 0.173. The fraction of sp³-hybridized carbons (Fsp3) is 1.00. The molecule has 0 aromatic heterocycles. The minimum atomic E-state index is 0.883.